The van der Waals surface area contributed by atoms with E-state index >= 15 is 0 Å². The predicted molar refractivity (Wildman–Crippen MR) is 123 cm³/mol. The summed E-state index contributed by atoms with van der Waals surface area (Å²) in [5, 5.41) is 3.19. The molecule has 33 heavy (non-hydrogen) atoms. The van der Waals surface area contributed by atoms with Crippen LogP contribution in [0.25, 0.3) is 11.4 Å². The first-order valence-corrected chi connectivity index (χ1v) is 11.8. The van der Waals surface area contributed by atoms with Crippen LogP contribution in [-0.4, -0.2) is 32.3 Å². The van der Waals surface area contributed by atoms with E-state index in [2.05, 4.69) is 10.3 Å². The molecule has 6 nitrogen and oxygen atoms in total. The molecule has 3 aromatic rings. The number of pyridine rings is 1. The van der Waals surface area contributed by atoms with Crippen LogP contribution in [0.2, 0.25) is 0 Å². The molecule has 2 aliphatic carbocycles. The molecule has 2 unspecified atom stereocenters. The second kappa shape index (κ2) is 8.21. The molecule has 0 spiro atoms. The number of fused-ring (bicyclic) bond motifs is 2. The maximum absolute atomic E-state index is 14.4. The van der Waals surface area contributed by atoms with Crippen molar-refractivity contribution >= 4 is 17.4 Å². The average molecular weight is 444 g/mol. The van der Waals surface area contributed by atoms with E-state index < -0.39 is 0 Å². The zero-order valence-electron chi connectivity index (χ0n) is 18.4. The van der Waals surface area contributed by atoms with Gasteiger partial charge < -0.3 is 10.2 Å². The third kappa shape index (κ3) is 3.75. The average Bonchev–Trinajstić information content (AvgIpc) is 3.59. The maximum atomic E-state index is 14.4. The van der Waals surface area contributed by atoms with E-state index in [9.17, 15) is 9.18 Å². The molecule has 0 bridgehead atoms. The number of hydrogen-bond donors (Lipinski definition) is 1. The molecule has 0 saturated heterocycles. The Hall–Kier alpha value is -3.35. The van der Waals surface area contributed by atoms with Crippen molar-refractivity contribution in [2.24, 2.45) is 17.8 Å². The van der Waals surface area contributed by atoms with E-state index in [4.69, 9.17) is 9.97 Å². The fourth-order valence-electron chi connectivity index (χ4n) is 5.60. The Morgan fingerprint density at radius 3 is 2.55 bits per heavy atom. The molecule has 2 fully saturated rings. The monoisotopic (exact) mass is 443 g/mol. The molecule has 3 aliphatic rings. The number of anilines is 2. The quantitative estimate of drug-likeness (QED) is 0.631. The normalized spacial score (nSPS) is 23.4. The third-order valence-electron chi connectivity index (χ3n) is 7.38. The Bertz CT molecular complexity index is 1190. The molecule has 2 aromatic heterocycles. The number of benzene rings is 1. The van der Waals surface area contributed by atoms with Crippen LogP contribution in [0.5, 0.6) is 0 Å². The molecule has 6 rings (SSSR count). The van der Waals surface area contributed by atoms with Crippen LogP contribution in [0.1, 0.15) is 36.9 Å². The first-order chi connectivity index (χ1) is 16.2. The van der Waals surface area contributed by atoms with Crippen LogP contribution >= 0.6 is 0 Å². The van der Waals surface area contributed by atoms with Gasteiger partial charge in [-0.15, -0.1) is 0 Å². The van der Waals surface area contributed by atoms with E-state index in [0.29, 0.717) is 48.7 Å². The van der Waals surface area contributed by atoms with Crippen LogP contribution < -0.4 is 5.32 Å². The van der Waals surface area contributed by atoms with Crippen LogP contribution in [0.4, 0.5) is 15.9 Å². The molecule has 1 aliphatic heterocycles. The highest BCUT2D eigenvalue weighted by Gasteiger charge is 2.56. The van der Waals surface area contributed by atoms with Crippen LogP contribution in [0, 0.1) is 23.6 Å². The minimum atomic E-state index is -0.346. The summed E-state index contributed by atoms with van der Waals surface area (Å²) < 4.78 is 14.4. The van der Waals surface area contributed by atoms with Crippen LogP contribution in [0.15, 0.2) is 48.8 Å². The van der Waals surface area contributed by atoms with Crippen LogP contribution in [0.3, 0.4) is 0 Å². The van der Waals surface area contributed by atoms with Gasteiger partial charge in [-0.3, -0.25) is 9.78 Å². The number of halogens is 1. The topological polar surface area (TPSA) is 71.0 Å². The number of nitrogens with one attached hydrogen (secondary N) is 1. The van der Waals surface area contributed by atoms with Gasteiger partial charge in [0.15, 0.2) is 5.82 Å². The lowest BCUT2D eigenvalue weighted by molar-refractivity contribution is -0.134. The van der Waals surface area contributed by atoms with Crippen molar-refractivity contribution in [1.29, 1.82) is 0 Å². The second-order valence-electron chi connectivity index (χ2n) is 9.31. The number of amides is 1. The summed E-state index contributed by atoms with van der Waals surface area (Å²) in [6.45, 7) is 1.12. The summed E-state index contributed by atoms with van der Waals surface area (Å²) in [4.78, 5) is 29.0. The Morgan fingerprint density at radius 1 is 1.03 bits per heavy atom. The first kappa shape index (κ1) is 20.3. The second-order valence-corrected chi connectivity index (χ2v) is 9.31. The molecular formula is C26H26FN5O. The minimum Gasteiger partial charge on any atom is -0.338 e. The van der Waals surface area contributed by atoms with Gasteiger partial charge >= 0.3 is 0 Å². The fourth-order valence-corrected chi connectivity index (χ4v) is 5.60. The highest BCUT2D eigenvalue weighted by Crippen LogP contribution is 2.56. The highest BCUT2D eigenvalue weighted by molar-refractivity contribution is 5.83. The molecule has 3 heterocycles. The fraction of sp³-hybridized carbons (Fsp3) is 0.385. The van der Waals surface area contributed by atoms with Crippen molar-refractivity contribution < 1.29 is 9.18 Å². The molecule has 7 heteroatoms. The highest BCUT2D eigenvalue weighted by atomic mass is 19.1. The van der Waals surface area contributed by atoms with Crippen molar-refractivity contribution in [3.8, 4) is 11.4 Å². The van der Waals surface area contributed by atoms with Gasteiger partial charge in [-0.05, 0) is 48.9 Å². The van der Waals surface area contributed by atoms with E-state index in [1.54, 1.807) is 30.6 Å². The van der Waals surface area contributed by atoms with Gasteiger partial charge in [0.05, 0.1) is 17.9 Å². The molecule has 1 amide bonds. The van der Waals surface area contributed by atoms with Gasteiger partial charge in [-0.1, -0.05) is 25.0 Å². The van der Waals surface area contributed by atoms with E-state index in [-0.39, 0.29) is 17.6 Å². The van der Waals surface area contributed by atoms with Gasteiger partial charge in [0.1, 0.15) is 11.6 Å². The maximum Gasteiger partial charge on any atom is 0.226 e. The minimum absolute atomic E-state index is 0.189. The van der Waals surface area contributed by atoms with Crippen molar-refractivity contribution in [1.82, 2.24) is 19.9 Å². The summed E-state index contributed by atoms with van der Waals surface area (Å²) in [5.74, 6) is 2.40. The number of carbonyl (C=O) groups excluding carboxylic acids is 1. The standard InChI is InChI=1S/C26H26FN5O/c27-20-7-3-4-8-22(20)30-25-19-15-32(26(33)23-17-5-1-2-6-18(17)23)14-11-21(19)29-24(31-25)16-9-12-28-13-10-16/h3-4,7-10,12-13,17-18,23H,1-2,5-6,11,14-15H2,(H,29,30,31). The summed E-state index contributed by atoms with van der Waals surface area (Å²) in [6, 6.07) is 10.3. The molecule has 2 saturated carbocycles. The number of nitrogens with zero attached hydrogens (tertiary/aromatic N) is 4. The van der Waals surface area contributed by atoms with Crippen molar-refractivity contribution in [2.75, 3.05) is 11.9 Å². The smallest absolute Gasteiger partial charge is 0.226 e. The summed E-state index contributed by atoms with van der Waals surface area (Å²) in [5.41, 5.74) is 2.99. The van der Waals surface area contributed by atoms with Crippen molar-refractivity contribution in [3.63, 3.8) is 0 Å². The molecule has 0 radical (unpaired) electrons. The van der Waals surface area contributed by atoms with Crippen molar-refractivity contribution in [3.05, 3.63) is 65.9 Å². The Kier molecular flexibility index (Phi) is 5.04. The molecule has 1 N–H and O–H groups in total. The summed E-state index contributed by atoms with van der Waals surface area (Å²) >= 11 is 0. The summed E-state index contributed by atoms with van der Waals surface area (Å²) in [7, 11) is 0. The molecule has 2 atom stereocenters. The van der Waals surface area contributed by atoms with Crippen LogP contribution in [-0.2, 0) is 17.8 Å². The predicted octanol–water partition coefficient (Wildman–Crippen LogP) is 4.74. The molecule has 1 aromatic carbocycles. The lowest BCUT2D eigenvalue weighted by Crippen LogP contribution is -2.38. The Labute approximate surface area is 192 Å². The number of aromatic nitrogens is 3. The van der Waals surface area contributed by atoms with Gasteiger partial charge in [-0.2, -0.15) is 0 Å². The van der Waals surface area contributed by atoms with Gasteiger partial charge in [0.2, 0.25) is 5.91 Å². The largest absolute Gasteiger partial charge is 0.338 e. The zero-order chi connectivity index (χ0) is 22.4. The number of rotatable bonds is 4. The lowest BCUT2D eigenvalue weighted by atomic mass is 10.0. The van der Waals surface area contributed by atoms with E-state index in [1.165, 1.54) is 31.7 Å². The number of carbonyl (C=O) groups is 1. The first-order valence-electron chi connectivity index (χ1n) is 11.8. The zero-order valence-corrected chi connectivity index (χ0v) is 18.4. The number of hydrogen-bond acceptors (Lipinski definition) is 5. The summed E-state index contributed by atoms with van der Waals surface area (Å²) in [6.07, 6.45) is 8.94. The SMILES string of the molecule is O=C(C1C2CCCCC21)N1CCc2nc(-c3ccncc3)nc(Nc3ccccc3F)c2C1. The van der Waals surface area contributed by atoms with Crippen molar-refractivity contribution in [2.45, 2.75) is 38.6 Å². The van der Waals surface area contributed by atoms with E-state index in [0.717, 1.165) is 16.8 Å². The van der Waals surface area contributed by atoms with Gasteiger partial charge in [0.25, 0.3) is 0 Å². The van der Waals surface area contributed by atoms with E-state index in [1.807, 2.05) is 17.0 Å². The lowest BCUT2D eigenvalue weighted by Gasteiger charge is -2.30. The molecular weight excluding hydrogens is 417 g/mol. The Balaban J connectivity index is 1.34. The van der Waals surface area contributed by atoms with Gasteiger partial charge in [-0.25, -0.2) is 14.4 Å². The third-order valence-corrected chi connectivity index (χ3v) is 7.38. The molecule has 168 valence electrons. The number of para-hydroxylation sites is 1. The van der Waals surface area contributed by atoms with Gasteiger partial charge in [0, 0.05) is 42.4 Å². The Morgan fingerprint density at radius 2 is 1.79 bits per heavy atom.